The largest absolute Gasteiger partial charge is 0.488 e. The molecule has 0 fully saturated rings. The highest BCUT2D eigenvalue weighted by molar-refractivity contribution is 7.15. The van der Waals surface area contributed by atoms with Crippen LogP contribution in [0.2, 0.25) is 5.02 Å². The summed E-state index contributed by atoms with van der Waals surface area (Å²) < 4.78 is 55.7. The molecule has 0 spiro atoms. The molecule has 40 heavy (non-hydrogen) atoms. The van der Waals surface area contributed by atoms with Crippen molar-refractivity contribution in [3.05, 3.63) is 69.2 Å². The fourth-order valence-electron chi connectivity index (χ4n) is 3.79. The van der Waals surface area contributed by atoms with E-state index in [2.05, 4.69) is 15.4 Å². The Labute approximate surface area is 238 Å². The predicted octanol–water partition coefficient (Wildman–Crippen LogP) is 4.71. The molecular formula is C26H28ClF3N4O5S. The molecule has 3 aromatic rings. The highest BCUT2D eigenvalue weighted by Crippen LogP contribution is 2.34. The van der Waals surface area contributed by atoms with Gasteiger partial charge < -0.3 is 19.3 Å². The first-order valence-corrected chi connectivity index (χ1v) is 13.3. The first-order chi connectivity index (χ1) is 19.2. The predicted molar refractivity (Wildman–Crippen MR) is 144 cm³/mol. The van der Waals surface area contributed by atoms with Crippen LogP contribution < -0.4 is 10.2 Å². The van der Waals surface area contributed by atoms with E-state index in [1.54, 1.807) is 32.4 Å². The summed E-state index contributed by atoms with van der Waals surface area (Å²) in [5.74, 6) is 0.780. The summed E-state index contributed by atoms with van der Waals surface area (Å²) in [6, 6.07) is 9.94. The van der Waals surface area contributed by atoms with E-state index in [-0.39, 0.29) is 6.61 Å². The minimum absolute atomic E-state index is 0.159. The molecular weight excluding hydrogens is 573 g/mol. The lowest BCUT2D eigenvalue weighted by Gasteiger charge is -2.21. The maximum atomic E-state index is 13.1. The molecule has 1 aliphatic rings. The van der Waals surface area contributed by atoms with Crippen molar-refractivity contribution < 1.29 is 37.3 Å². The maximum absolute atomic E-state index is 13.1. The first-order valence-electron chi connectivity index (χ1n) is 12.1. The van der Waals surface area contributed by atoms with Crippen molar-refractivity contribution in [3.8, 4) is 16.3 Å². The lowest BCUT2D eigenvalue weighted by atomic mass is 10.1. The van der Waals surface area contributed by atoms with Gasteiger partial charge >= 0.3 is 6.18 Å². The average Bonchev–Trinajstić information content (AvgIpc) is 3.54. The highest BCUT2D eigenvalue weighted by atomic mass is 35.5. The molecule has 0 aliphatic carbocycles. The molecule has 0 amide bonds. The summed E-state index contributed by atoms with van der Waals surface area (Å²) >= 11 is 7.76. The number of aliphatic hydroxyl groups is 1. The molecule has 4 rings (SSSR count). The van der Waals surface area contributed by atoms with Gasteiger partial charge in [0.2, 0.25) is 0 Å². The van der Waals surface area contributed by atoms with Crippen LogP contribution in [0.15, 0.2) is 47.5 Å². The lowest BCUT2D eigenvalue weighted by Crippen LogP contribution is -2.30. The van der Waals surface area contributed by atoms with Crippen LogP contribution in [0.5, 0.6) is 5.75 Å². The lowest BCUT2D eigenvalue weighted by molar-refractivity contribution is -0.137. The number of nitrogens with zero attached hydrogens (tertiary/aromatic N) is 3. The zero-order valence-electron chi connectivity index (χ0n) is 21.7. The molecule has 0 saturated carbocycles. The molecule has 1 unspecified atom stereocenters. The van der Waals surface area contributed by atoms with Crippen LogP contribution >= 0.6 is 22.9 Å². The quantitative estimate of drug-likeness (QED) is 0.291. The van der Waals surface area contributed by atoms with Crippen molar-refractivity contribution in [2.45, 2.75) is 25.7 Å². The number of thiazole rings is 1. The van der Waals surface area contributed by atoms with Crippen LogP contribution in [0, 0.1) is 0 Å². The number of methoxy groups -OCH3 is 2. The normalized spacial score (nSPS) is 15.4. The van der Waals surface area contributed by atoms with E-state index in [9.17, 15) is 18.3 Å². The Hall–Kier alpha value is -2.78. The summed E-state index contributed by atoms with van der Waals surface area (Å²) in [6.45, 7) is 2.93. The van der Waals surface area contributed by atoms with Crippen molar-refractivity contribution in [3.63, 3.8) is 0 Å². The van der Waals surface area contributed by atoms with Gasteiger partial charge in [-0.2, -0.15) is 13.2 Å². The van der Waals surface area contributed by atoms with Crippen molar-refractivity contribution in [2.24, 2.45) is 4.99 Å². The molecule has 1 aromatic heterocycles. The summed E-state index contributed by atoms with van der Waals surface area (Å²) in [5, 5.41) is 10.3. The Morgan fingerprint density at radius 3 is 2.38 bits per heavy atom. The average molecular weight is 601 g/mol. The SMILES string of the molecule is COCCN(CCOC)Cc1nc(-c2ccc(C(F)(F)F)cc2)sc1COc1ccc(C2=NC(O)ON2)c(Cl)c1. The number of hydrogen-bond acceptors (Lipinski definition) is 10. The van der Waals surface area contributed by atoms with Gasteiger partial charge in [-0.1, -0.05) is 23.7 Å². The number of aliphatic imine (C=N–C) groups is 1. The van der Waals surface area contributed by atoms with E-state index in [1.807, 2.05) is 0 Å². The molecule has 0 radical (unpaired) electrons. The topological polar surface area (TPSA) is 97.7 Å². The Balaban J connectivity index is 1.57. The molecule has 0 saturated heterocycles. The van der Waals surface area contributed by atoms with Gasteiger partial charge in [0, 0.05) is 45.0 Å². The number of rotatable bonds is 13. The van der Waals surface area contributed by atoms with Crippen molar-refractivity contribution >= 4 is 28.8 Å². The van der Waals surface area contributed by atoms with E-state index in [0.29, 0.717) is 65.6 Å². The maximum Gasteiger partial charge on any atom is 0.416 e. The smallest absolute Gasteiger partial charge is 0.416 e. The third kappa shape index (κ3) is 7.91. The standard InChI is InChI=1S/C26H28ClF3N4O5S/c1-36-11-9-34(10-12-37-2)14-21-22(40-24(31-21)16-3-5-17(6-4-16)26(28,29)30)15-38-18-7-8-19(20(27)13-18)23-32-25(35)39-33-23/h3-8,13,25,35H,9-12,14-15H2,1-2H3,(H,32,33). The van der Waals surface area contributed by atoms with Gasteiger partial charge in [-0.15, -0.1) is 11.3 Å². The van der Waals surface area contributed by atoms with Gasteiger partial charge in [0.15, 0.2) is 5.84 Å². The van der Waals surface area contributed by atoms with E-state index in [1.165, 1.54) is 23.5 Å². The van der Waals surface area contributed by atoms with E-state index in [0.717, 1.165) is 22.7 Å². The van der Waals surface area contributed by atoms with Crippen LogP contribution in [0.3, 0.4) is 0 Å². The highest BCUT2D eigenvalue weighted by Gasteiger charge is 2.30. The van der Waals surface area contributed by atoms with Gasteiger partial charge in [-0.05, 0) is 30.3 Å². The number of nitrogens with one attached hydrogen (secondary N) is 1. The fourth-order valence-corrected chi connectivity index (χ4v) is 5.04. The minimum Gasteiger partial charge on any atom is -0.488 e. The number of hydrogen-bond donors (Lipinski definition) is 2. The van der Waals surface area contributed by atoms with E-state index in [4.69, 9.17) is 35.6 Å². The number of halogens is 4. The Morgan fingerprint density at radius 1 is 1.10 bits per heavy atom. The second kappa shape index (κ2) is 13.7. The second-order valence-electron chi connectivity index (χ2n) is 8.68. The van der Waals surface area contributed by atoms with Gasteiger partial charge in [0.25, 0.3) is 6.41 Å². The molecule has 216 valence electrons. The number of ether oxygens (including phenoxy) is 3. The van der Waals surface area contributed by atoms with Crippen LogP contribution in [-0.4, -0.2) is 67.8 Å². The second-order valence-corrected chi connectivity index (χ2v) is 10.2. The van der Waals surface area contributed by atoms with Crippen molar-refractivity contribution in [1.82, 2.24) is 15.4 Å². The molecule has 1 atom stereocenters. The Kier molecular flexibility index (Phi) is 10.4. The number of aromatic nitrogens is 1. The van der Waals surface area contributed by atoms with Crippen LogP contribution in [0.4, 0.5) is 13.2 Å². The number of alkyl halides is 3. The third-order valence-corrected chi connectivity index (χ3v) is 7.33. The van der Waals surface area contributed by atoms with Gasteiger partial charge in [0.05, 0.1) is 34.4 Å². The monoisotopic (exact) mass is 600 g/mol. The molecule has 0 bridgehead atoms. The first kappa shape index (κ1) is 30.2. The molecule has 2 N–H and O–H groups in total. The molecule has 2 heterocycles. The third-order valence-electron chi connectivity index (χ3n) is 5.90. The van der Waals surface area contributed by atoms with Gasteiger partial charge in [0.1, 0.15) is 17.4 Å². The fraction of sp³-hybridized carbons (Fsp3) is 0.385. The van der Waals surface area contributed by atoms with E-state index < -0.39 is 18.2 Å². The van der Waals surface area contributed by atoms with Crippen molar-refractivity contribution in [2.75, 3.05) is 40.5 Å². The minimum atomic E-state index is -4.42. The summed E-state index contributed by atoms with van der Waals surface area (Å²) in [7, 11) is 3.25. The summed E-state index contributed by atoms with van der Waals surface area (Å²) in [6.07, 6.45) is -5.73. The van der Waals surface area contributed by atoms with Crippen LogP contribution in [0.25, 0.3) is 10.6 Å². The molecule has 2 aromatic carbocycles. The van der Waals surface area contributed by atoms with Gasteiger partial charge in [-0.3, -0.25) is 4.90 Å². The van der Waals surface area contributed by atoms with E-state index >= 15 is 0 Å². The number of benzene rings is 2. The van der Waals surface area contributed by atoms with Crippen LogP contribution in [-0.2, 0) is 33.6 Å². The zero-order chi connectivity index (χ0) is 28.7. The Bertz CT molecular complexity index is 1300. The number of hydroxylamine groups is 1. The summed E-state index contributed by atoms with van der Waals surface area (Å²) in [4.78, 5) is 16.4. The summed E-state index contributed by atoms with van der Waals surface area (Å²) in [5.41, 5.74) is 3.63. The zero-order valence-corrected chi connectivity index (χ0v) is 23.3. The van der Waals surface area contributed by atoms with Gasteiger partial charge in [-0.25, -0.2) is 20.3 Å². The molecule has 9 nitrogen and oxygen atoms in total. The Morgan fingerprint density at radius 2 is 1.80 bits per heavy atom. The molecule has 1 aliphatic heterocycles. The number of amidine groups is 1. The number of aliphatic hydroxyl groups excluding tert-OH is 1. The van der Waals surface area contributed by atoms with Crippen molar-refractivity contribution in [1.29, 1.82) is 0 Å². The van der Waals surface area contributed by atoms with Crippen LogP contribution in [0.1, 0.15) is 21.7 Å². The molecule has 14 heteroatoms.